The third kappa shape index (κ3) is 3.86. The summed E-state index contributed by atoms with van der Waals surface area (Å²) in [5.74, 6) is 2.32. The largest absolute Gasteiger partial charge is 0.464 e. The van der Waals surface area contributed by atoms with Crippen LogP contribution in [0.3, 0.4) is 0 Å². The summed E-state index contributed by atoms with van der Waals surface area (Å²) < 4.78 is 5.61. The van der Waals surface area contributed by atoms with Crippen LogP contribution >= 0.6 is 11.8 Å². The molecule has 1 aliphatic heterocycles. The van der Waals surface area contributed by atoms with Crippen LogP contribution in [0.25, 0.3) is 0 Å². The van der Waals surface area contributed by atoms with Crippen molar-refractivity contribution in [2.24, 2.45) is 0 Å². The monoisotopic (exact) mass is 283 g/mol. The summed E-state index contributed by atoms with van der Waals surface area (Å²) in [7, 11) is 1.78. The minimum Gasteiger partial charge on any atom is -0.464 e. The molecule has 0 saturated carbocycles. The molecule has 1 aliphatic rings. The molecule has 0 bridgehead atoms. The lowest BCUT2D eigenvalue weighted by Crippen LogP contribution is -2.28. The molecule has 1 fully saturated rings. The second kappa shape index (κ2) is 6.27. The number of nitrogens with zero attached hydrogens (tertiary/aromatic N) is 3. The van der Waals surface area contributed by atoms with Crippen molar-refractivity contribution in [3.05, 3.63) is 0 Å². The Labute approximate surface area is 118 Å². The van der Waals surface area contributed by atoms with Gasteiger partial charge >= 0.3 is 6.01 Å². The van der Waals surface area contributed by atoms with E-state index in [1.54, 1.807) is 7.05 Å². The molecule has 0 spiro atoms. The molecule has 1 saturated heterocycles. The molecule has 2 heterocycles. The first-order chi connectivity index (χ1) is 9.15. The number of rotatable bonds is 6. The molecule has 0 amide bonds. The molecule has 2 N–H and O–H groups in total. The minimum atomic E-state index is 0.276. The number of aromatic nitrogens is 3. The highest BCUT2D eigenvalue weighted by Gasteiger charge is 2.29. The number of nitrogens with one attached hydrogen (secondary N) is 2. The number of hydrogen-bond donors (Lipinski definition) is 2. The van der Waals surface area contributed by atoms with Gasteiger partial charge in [0.1, 0.15) is 0 Å². The van der Waals surface area contributed by atoms with Gasteiger partial charge in [0, 0.05) is 18.3 Å². The third-order valence-corrected chi connectivity index (χ3v) is 4.57. The minimum absolute atomic E-state index is 0.276. The van der Waals surface area contributed by atoms with E-state index in [1.165, 1.54) is 18.6 Å². The van der Waals surface area contributed by atoms with Gasteiger partial charge in [-0.05, 0) is 32.4 Å². The number of thioether (sulfide) groups is 1. The zero-order valence-corrected chi connectivity index (χ0v) is 12.5. The van der Waals surface area contributed by atoms with E-state index in [-0.39, 0.29) is 4.75 Å². The van der Waals surface area contributed by atoms with Crippen LogP contribution in [0, 0.1) is 0 Å². The highest BCUT2D eigenvalue weighted by molar-refractivity contribution is 8.00. The molecule has 106 valence electrons. The standard InChI is InChI=1S/C12H21N5OS/c1-4-18-11-16-9(13-3)15-10(17-11)14-8-12(2)6-5-7-19-12/h4-8H2,1-3H3,(H2,13,14,15,16,17). The second-order valence-corrected chi connectivity index (χ2v) is 6.39. The normalized spacial score (nSPS) is 22.3. The van der Waals surface area contributed by atoms with Gasteiger partial charge in [0.05, 0.1) is 6.61 Å². The first-order valence-corrected chi connectivity index (χ1v) is 7.58. The number of ether oxygens (including phenoxy) is 1. The fraction of sp³-hybridized carbons (Fsp3) is 0.750. The third-order valence-electron chi connectivity index (χ3n) is 3.03. The van der Waals surface area contributed by atoms with E-state index < -0.39 is 0 Å². The summed E-state index contributed by atoms with van der Waals surface area (Å²) in [4.78, 5) is 12.7. The van der Waals surface area contributed by atoms with Crippen molar-refractivity contribution in [1.29, 1.82) is 0 Å². The van der Waals surface area contributed by atoms with Crippen LogP contribution in [-0.4, -0.2) is 45.7 Å². The van der Waals surface area contributed by atoms with Gasteiger partial charge in [-0.1, -0.05) is 0 Å². The van der Waals surface area contributed by atoms with Gasteiger partial charge in [-0.3, -0.25) is 0 Å². The maximum atomic E-state index is 5.34. The Kier molecular flexibility index (Phi) is 4.68. The zero-order valence-electron chi connectivity index (χ0n) is 11.7. The van der Waals surface area contributed by atoms with E-state index in [0.717, 1.165) is 6.54 Å². The van der Waals surface area contributed by atoms with Crippen molar-refractivity contribution in [3.8, 4) is 6.01 Å². The van der Waals surface area contributed by atoms with Crippen LogP contribution in [-0.2, 0) is 0 Å². The molecule has 19 heavy (non-hydrogen) atoms. The Morgan fingerprint density at radius 3 is 2.74 bits per heavy atom. The molecule has 0 aliphatic carbocycles. The SMILES string of the molecule is CCOc1nc(NC)nc(NCC2(C)CCCS2)n1. The van der Waals surface area contributed by atoms with Gasteiger partial charge in [-0.2, -0.15) is 26.7 Å². The van der Waals surface area contributed by atoms with Gasteiger partial charge < -0.3 is 15.4 Å². The Balaban J connectivity index is 2.04. The maximum absolute atomic E-state index is 5.34. The van der Waals surface area contributed by atoms with E-state index in [2.05, 4.69) is 32.5 Å². The smallest absolute Gasteiger partial charge is 0.323 e. The molecular formula is C12H21N5OS. The summed E-state index contributed by atoms with van der Waals surface area (Å²) in [6.07, 6.45) is 2.51. The lowest BCUT2D eigenvalue weighted by atomic mass is 10.1. The molecule has 1 aromatic heterocycles. The molecular weight excluding hydrogens is 262 g/mol. The summed E-state index contributed by atoms with van der Waals surface area (Å²) in [5, 5.41) is 6.21. The first-order valence-electron chi connectivity index (χ1n) is 6.60. The molecule has 2 rings (SSSR count). The Morgan fingerprint density at radius 1 is 1.32 bits per heavy atom. The summed E-state index contributed by atoms with van der Waals surface area (Å²) in [6, 6.07) is 0.355. The van der Waals surface area contributed by atoms with Crippen LogP contribution in [0.5, 0.6) is 6.01 Å². The second-order valence-electron chi connectivity index (χ2n) is 4.70. The quantitative estimate of drug-likeness (QED) is 0.827. The van der Waals surface area contributed by atoms with E-state index in [0.29, 0.717) is 24.5 Å². The lowest BCUT2D eigenvalue weighted by Gasteiger charge is -2.22. The van der Waals surface area contributed by atoms with Gasteiger partial charge in [0.15, 0.2) is 0 Å². The fourth-order valence-corrected chi connectivity index (χ4v) is 3.23. The summed E-state index contributed by atoms with van der Waals surface area (Å²) in [6.45, 7) is 5.59. The van der Waals surface area contributed by atoms with Crippen molar-refractivity contribution in [2.75, 3.05) is 36.6 Å². The van der Waals surface area contributed by atoms with E-state index in [1.807, 2.05) is 18.7 Å². The van der Waals surface area contributed by atoms with E-state index >= 15 is 0 Å². The van der Waals surface area contributed by atoms with Crippen LogP contribution < -0.4 is 15.4 Å². The van der Waals surface area contributed by atoms with Gasteiger partial charge in [0.2, 0.25) is 11.9 Å². The fourth-order valence-electron chi connectivity index (χ4n) is 1.98. The average molecular weight is 283 g/mol. The van der Waals surface area contributed by atoms with Crippen molar-refractivity contribution in [1.82, 2.24) is 15.0 Å². The Morgan fingerprint density at radius 2 is 2.11 bits per heavy atom. The van der Waals surface area contributed by atoms with Crippen LogP contribution in [0.1, 0.15) is 26.7 Å². The molecule has 0 aromatic carbocycles. The average Bonchev–Trinajstić information content (AvgIpc) is 2.84. The Bertz CT molecular complexity index is 423. The van der Waals surface area contributed by atoms with Crippen LogP contribution in [0.15, 0.2) is 0 Å². The van der Waals surface area contributed by atoms with Gasteiger partial charge in [-0.15, -0.1) is 0 Å². The van der Waals surface area contributed by atoms with Crippen molar-refractivity contribution in [3.63, 3.8) is 0 Å². The predicted octanol–water partition coefficient (Wildman–Crippen LogP) is 2.01. The van der Waals surface area contributed by atoms with Crippen molar-refractivity contribution < 1.29 is 4.74 Å². The molecule has 1 unspecified atom stereocenters. The highest BCUT2D eigenvalue weighted by Crippen LogP contribution is 2.37. The molecule has 7 heteroatoms. The summed E-state index contributed by atoms with van der Waals surface area (Å²) in [5.41, 5.74) is 0. The van der Waals surface area contributed by atoms with Crippen molar-refractivity contribution in [2.45, 2.75) is 31.4 Å². The molecule has 1 atom stereocenters. The number of anilines is 2. The van der Waals surface area contributed by atoms with Gasteiger partial charge in [0.25, 0.3) is 0 Å². The molecule has 0 radical (unpaired) electrons. The molecule has 6 nitrogen and oxygen atoms in total. The van der Waals surface area contributed by atoms with Crippen LogP contribution in [0.2, 0.25) is 0 Å². The first kappa shape index (κ1) is 14.2. The maximum Gasteiger partial charge on any atom is 0.323 e. The van der Waals surface area contributed by atoms with E-state index in [4.69, 9.17) is 4.74 Å². The topological polar surface area (TPSA) is 72.0 Å². The number of hydrogen-bond acceptors (Lipinski definition) is 7. The van der Waals surface area contributed by atoms with Crippen molar-refractivity contribution >= 4 is 23.7 Å². The highest BCUT2D eigenvalue weighted by atomic mass is 32.2. The zero-order chi connectivity index (χ0) is 13.7. The lowest BCUT2D eigenvalue weighted by molar-refractivity contribution is 0.312. The Hall–Kier alpha value is -1.24. The molecule has 1 aromatic rings. The van der Waals surface area contributed by atoms with Crippen LogP contribution in [0.4, 0.5) is 11.9 Å². The van der Waals surface area contributed by atoms with Gasteiger partial charge in [-0.25, -0.2) is 0 Å². The predicted molar refractivity (Wildman–Crippen MR) is 79.1 cm³/mol. The van der Waals surface area contributed by atoms with E-state index in [9.17, 15) is 0 Å². The summed E-state index contributed by atoms with van der Waals surface area (Å²) >= 11 is 2.01.